The lowest BCUT2D eigenvalue weighted by molar-refractivity contribution is -0.118. The van der Waals surface area contributed by atoms with E-state index >= 15 is 0 Å². The zero-order valence-electron chi connectivity index (χ0n) is 9.52. The van der Waals surface area contributed by atoms with E-state index in [9.17, 15) is 18.5 Å². The summed E-state index contributed by atoms with van der Waals surface area (Å²) in [5.74, 6) is -3.08. The highest BCUT2D eigenvalue weighted by atomic mass is 19.2. The van der Waals surface area contributed by atoms with Crippen LogP contribution in [0.2, 0.25) is 0 Å². The molecule has 1 aromatic carbocycles. The van der Waals surface area contributed by atoms with Gasteiger partial charge in [0, 0.05) is 0 Å². The zero-order valence-corrected chi connectivity index (χ0v) is 9.52. The van der Waals surface area contributed by atoms with Crippen LogP contribution in [0, 0.1) is 16.5 Å². The van der Waals surface area contributed by atoms with Crippen molar-refractivity contribution in [3.8, 4) is 5.75 Å². The molecule has 0 aliphatic carbocycles. The molecular formula is C11H10F2N2O3. The topological polar surface area (TPSA) is 59.0 Å². The number of hydrogen-bond donors (Lipinski definition) is 0. The van der Waals surface area contributed by atoms with Crippen molar-refractivity contribution in [1.29, 1.82) is 0 Å². The van der Waals surface area contributed by atoms with Gasteiger partial charge in [-0.3, -0.25) is 4.79 Å². The van der Waals surface area contributed by atoms with E-state index in [2.05, 4.69) is 5.18 Å². The summed E-state index contributed by atoms with van der Waals surface area (Å²) in [6.07, 6.45) is 0. The second-order valence-electron chi connectivity index (χ2n) is 3.92. The summed E-state index contributed by atoms with van der Waals surface area (Å²) < 4.78 is 31.7. The van der Waals surface area contributed by atoms with Gasteiger partial charge in [0.25, 0.3) is 5.91 Å². The standard InChI is InChI=1S/C11H10F2N2O3/c1-6-5-18-11-8(3-2-7(12)10(11)13)15(6)9(16)4-14-17/h2-3,6H,4-5H2,1H3. The number of halogens is 2. The molecule has 5 nitrogen and oxygen atoms in total. The summed E-state index contributed by atoms with van der Waals surface area (Å²) in [4.78, 5) is 23.1. The molecule has 2 rings (SSSR count). The van der Waals surface area contributed by atoms with Gasteiger partial charge < -0.3 is 9.64 Å². The summed E-state index contributed by atoms with van der Waals surface area (Å²) >= 11 is 0. The normalized spacial score (nSPS) is 17.9. The average molecular weight is 256 g/mol. The molecular weight excluding hydrogens is 246 g/mol. The monoisotopic (exact) mass is 256 g/mol. The van der Waals surface area contributed by atoms with E-state index in [1.54, 1.807) is 6.92 Å². The van der Waals surface area contributed by atoms with Gasteiger partial charge in [0.2, 0.25) is 5.82 Å². The first-order chi connectivity index (χ1) is 8.56. The maximum Gasteiger partial charge on any atom is 0.252 e. The highest BCUT2D eigenvalue weighted by Crippen LogP contribution is 2.37. The van der Waals surface area contributed by atoms with Crippen LogP contribution in [0.1, 0.15) is 6.92 Å². The molecule has 0 aromatic heterocycles. The van der Waals surface area contributed by atoms with Gasteiger partial charge in [-0.1, -0.05) is 5.18 Å². The van der Waals surface area contributed by atoms with Gasteiger partial charge in [-0.2, -0.15) is 9.30 Å². The van der Waals surface area contributed by atoms with E-state index in [1.165, 1.54) is 11.0 Å². The molecule has 1 unspecified atom stereocenters. The number of nitrogens with zero attached hydrogens (tertiary/aromatic N) is 2. The highest BCUT2D eigenvalue weighted by Gasteiger charge is 2.32. The average Bonchev–Trinajstić information content (AvgIpc) is 2.34. The van der Waals surface area contributed by atoms with Crippen LogP contribution in [0.25, 0.3) is 0 Å². The number of benzene rings is 1. The molecule has 1 aliphatic rings. The second-order valence-corrected chi connectivity index (χ2v) is 3.92. The number of carbonyl (C=O) groups excluding carboxylic acids is 1. The molecule has 1 aromatic rings. The first-order valence-electron chi connectivity index (χ1n) is 5.28. The molecule has 0 spiro atoms. The van der Waals surface area contributed by atoms with Crippen LogP contribution in [0.4, 0.5) is 14.5 Å². The van der Waals surface area contributed by atoms with Gasteiger partial charge >= 0.3 is 0 Å². The van der Waals surface area contributed by atoms with Crippen molar-refractivity contribution in [2.24, 2.45) is 5.18 Å². The van der Waals surface area contributed by atoms with Crippen LogP contribution in [0.15, 0.2) is 17.3 Å². The minimum atomic E-state index is -1.14. The number of nitroso groups, excluding NO2 is 1. The number of ether oxygens (including phenoxy) is 1. The van der Waals surface area contributed by atoms with Gasteiger partial charge in [-0.15, -0.1) is 0 Å². The summed E-state index contributed by atoms with van der Waals surface area (Å²) in [6, 6.07) is 1.77. The fourth-order valence-corrected chi connectivity index (χ4v) is 1.88. The van der Waals surface area contributed by atoms with Crippen molar-refractivity contribution in [3.63, 3.8) is 0 Å². The first kappa shape index (κ1) is 12.4. The molecule has 1 atom stereocenters. The Labute approximate surface area is 101 Å². The number of fused-ring (bicyclic) bond motifs is 1. The molecule has 96 valence electrons. The van der Waals surface area contributed by atoms with Gasteiger partial charge in [0.1, 0.15) is 6.61 Å². The number of rotatable bonds is 2. The fraction of sp³-hybridized carbons (Fsp3) is 0.364. The molecule has 0 fully saturated rings. The summed E-state index contributed by atoms with van der Waals surface area (Å²) in [5.41, 5.74) is 0.112. The molecule has 1 aliphatic heterocycles. The Morgan fingerprint density at radius 1 is 1.56 bits per heavy atom. The van der Waals surface area contributed by atoms with E-state index in [1.807, 2.05) is 0 Å². The molecule has 0 bridgehead atoms. The maximum absolute atomic E-state index is 13.5. The number of anilines is 1. The Balaban J connectivity index is 2.48. The molecule has 18 heavy (non-hydrogen) atoms. The largest absolute Gasteiger partial charge is 0.486 e. The Morgan fingerprint density at radius 2 is 2.28 bits per heavy atom. The first-order valence-corrected chi connectivity index (χ1v) is 5.28. The van der Waals surface area contributed by atoms with Crippen LogP contribution in [0.5, 0.6) is 5.75 Å². The van der Waals surface area contributed by atoms with E-state index in [0.29, 0.717) is 0 Å². The van der Waals surface area contributed by atoms with Crippen molar-refractivity contribution in [2.75, 3.05) is 18.1 Å². The molecule has 1 amide bonds. The van der Waals surface area contributed by atoms with Crippen LogP contribution in [0.3, 0.4) is 0 Å². The third-order valence-electron chi connectivity index (χ3n) is 2.67. The Hall–Kier alpha value is -2.05. The quantitative estimate of drug-likeness (QED) is 0.758. The fourth-order valence-electron chi connectivity index (χ4n) is 1.88. The van der Waals surface area contributed by atoms with Crippen molar-refractivity contribution >= 4 is 11.6 Å². The lowest BCUT2D eigenvalue weighted by Gasteiger charge is -2.34. The third-order valence-corrected chi connectivity index (χ3v) is 2.67. The van der Waals surface area contributed by atoms with Gasteiger partial charge in [-0.05, 0) is 19.1 Å². The van der Waals surface area contributed by atoms with E-state index < -0.39 is 24.1 Å². The van der Waals surface area contributed by atoms with Crippen LogP contribution >= 0.6 is 0 Å². The summed E-state index contributed by atoms with van der Waals surface area (Å²) in [6.45, 7) is 1.15. The van der Waals surface area contributed by atoms with Crippen molar-refractivity contribution in [3.05, 3.63) is 28.7 Å². The number of carbonyl (C=O) groups is 1. The Bertz CT molecular complexity index is 507. The van der Waals surface area contributed by atoms with Crippen LogP contribution in [-0.2, 0) is 4.79 Å². The van der Waals surface area contributed by atoms with Gasteiger partial charge in [0.15, 0.2) is 18.1 Å². The van der Waals surface area contributed by atoms with E-state index in [4.69, 9.17) is 4.74 Å². The zero-order chi connectivity index (χ0) is 13.3. The lowest BCUT2D eigenvalue weighted by Crippen LogP contribution is -2.46. The molecule has 0 N–H and O–H groups in total. The number of hydrogen-bond acceptors (Lipinski definition) is 4. The molecule has 1 heterocycles. The second kappa shape index (κ2) is 4.67. The maximum atomic E-state index is 13.5. The van der Waals surface area contributed by atoms with Crippen LogP contribution < -0.4 is 9.64 Å². The Kier molecular flexibility index (Phi) is 3.22. The minimum absolute atomic E-state index is 0.0258. The van der Waals surface area contributed by atoms with Crippen molar-refractivity contribution < 1.29 is 18.3 Å². The molecule has 0 saturated carbocycles. The third kappa shape index (κ3) is 1.92. The Morgan fingerprint density at radius 3 is 2.94 bits per heavy atom. The highest BCUT2D eigenvalue weighted by molar-refractivity contribution is 5.97. The van der Waals surface area contributed by atoms with Crippen molar-refractivity contribution in [1.82, 2.24) is 0 Å². The van der Waals surface area contributed by atoms with Gasteiger partial charge in [-0.25, -0.2) is 4.39 Å². The predicted octanol–water partition coefficient (Wildman–Crippen LogP) is 1.85. The molecule has 7 heteroatoms. The summed E-state index contributed by atoms with van der Waals surface area (Å²) in [5, 5.41) is 2.51. The summed E-state index contributed by atoms with van der Waals surface area (Å²) in [7, 11) is 0. The number of amides is 1. The van der Waals surface area contributed by atoms with Gasteiger partial charge in [0.05, 0.1) is 11.7 Å². The van der Waals surface area contributed by atoms with Crippen molar-refractivity contribution in [2.45, 2.75) is 13.0 Å². The smallest absolute Gasteiger partial charge is 0.252 e. The molecule has 0 radical (unpaired) electrons. The predicted molar refractivity (Wildman–Crippen MR) is 59.5 cm³/mol. The van der Waals surface area contributed by atoms with E-state index in [0.717, 1.165) is 6.07 Å². The SMILES string of the molecule is CC1COc2c(ccc(F)c2F)N1C(=O)CN=O. The minimum Gasteiger partial charge on any atom is -0.486 e. The lowest BCUT2D eigenvalue weighted by atomic mass is 10.1. The molecule has 0 saturated heterocycles. The van der Waals surface area contributed by atoms with E-state index in [-0.39, 0.29) is 24.1 Å². The van der Waals surface area contributed by atoms with Crippen LogP contribution in [-0.4, -0.2) is 25.1 Å².